The first-order valence-corrected chi connectivity index (χ1v) is 12.6. The molecule has 0 spiro atoms. The Morgan fingerprint density at radius 1 is 1.13 bits per heavy atom. The van der Waals surface area contributed by atoms with Gasteiger partial charge >= 0.3 is 0 Å². The first-order chi connectivity index (χ1) is 14.8. The zero-order valence-electron chi connectivity index (χ0n) is 18.5. The number of benzene rings is 1. The summed E-state index contributed by atoms with van der Waals surface area (Å²) in [7, 11) is -3.74. The van der Waals surface area contributed by atoms with Crippen molar-refractivity contribution in [1.29, 1.82) is 0 Å². The molecule has 1 aromatic rings. The van der Waals surface area contributed by atoms with Crippen LogP contribution in [0.15, 0.2) is 29.2 Å². The average Bonchev–Trinajstić information content (AvgIpc) is 2.73. The molecule has 8 nitrogen and oxygen atoms in total. The van der Waals surface area contributed by atoms with Crippen LogP contribution in [-0.2, 0) is 14.8 Å². The number of amides is 2. The summed E-state index contributed by atoms with van der Waals surface area (Å²) in [5.74, 6) is 0.987. The highest BCUT2D eigenvalue weighted by Crippen LogP contribution is 2.21. The fraction of sp³-hybridized carbons (Fsp3) is 0.636. The van der Waals surface area contributed by atoms with E-state index in [0.717, 1.165) is 48.6 Å². The van der Waals surface area contributed by atoms with Gasteiger partial charge in [-0.05, 0) is 61.9 Å². The molecule has 2 unspecified atom stereocenters. The van der Waals surface area contributed by atoms with Crippen LogP contribution in [0, 0.1) is 11.8 Å². The maximum Gasteiger partial charge on any atom is 0.251 e. The fourth-order valence-electron chi connectivity index (χ4n) is 4.49. The van der Waals surface area contributed by atoms with Crippen LogP contribution in [0.5, 0.6) is 0 Å². The molecule has 2 atom stereocenters. The van der Waals surface area contributed by atoms with Gasteiger partial charge in [0.1, 0.15) is 0 Å². The van der Waals surface area contributed by atoms with Gasteiger partial charge in [0, 0.05) is 38.3 Å². The van der Waals surface area contributed by atoms with E-state index < -0.39 is 10.0 Å². The number of nitrogens with zero attached hydrogens (tertiary/aromatic N) is 2. The molecule has 0 bridgehead atoms. The molecule has 0 aliphatic carbocycles. The Balaban J connectivity index is 1.43. The van der Waals surface area contributed by atoms with Crippen LogP contribution in [0.2, 0.25) is 0 Å². The molecule has 172 valence electrons. The number of carbonyl (C=O) groups is 2. The second kappa shape index (κ2) is 10.6. The summed E-state index contributed by atoms with van der Waals surface area (Å²) in [5.41, 5.74) is 0.425. The van der Waals surface area contributed by atoms with Crippen molar-refractivity contribution in [2.75, 3.05) is 45.8 Å². The number of piperazine rings is 1. The summed E-state index contributed by atoms with van der Waals surface area (Å²) in [4.78, 5) is 26.5. The van der Waals surface area contributed by atoms with Gasteiger partial charge in [0.2, 0.25) is 15.9 Å². The lowest BCUT2D eigenvalue weighted by Crippen LogP contribution is -2.49. The van der Waals surface area contributed by atoms with E-state index in [1.54, 1.807) is 0 Å². The van der Waals surface area contributed by atoms with Crippen LogP contribution in [0.25, 0.3) is 0 Å². The summed E-state index contributed by atoms with van der Waals surface area (Å²) < 4.78 is 26.5. The fourth-order valence-corrected chi connectivity index (χ4v) is 5.88. The van der Waals surface area contributed by atoms with E-state index in [1.807, 2.05) is 0 Å². The summed E-state index contributed by atoms with van der Waals surface area (Å²) >= 11 is 0. The zero-order valence-corrected chi connectivity index (χ0v) is 19.3. The van der Waals surface area contributed by atoms with Gasteiger partial charge in [-0.1, -0.05) is 13.8 Å². The van der Waals surface area contributed by atoms with Crippen LogP contribution >= 0.6 is 0 Å². The van der Waals surface area contributed by atoms with Crippen LogP contribution in [0.1, 0.15) is 43.5 Å². The van der Waals surface area contributed by atoms with Crippen LogP contribution in [-0.4, -0.2) is 75.3 Å². The third-order valence-electron chi connectivity index (χ3n) is 5.89. The standard InChI is InChI=1S/C22H34N4O4S/c1-17-13-18(2)15-25(14-17)11-4-3-9-24-22(28)19-5-7-20(8-6-19)31(29,30)26-12-10-23-21(27)16-26/h5-8,17-18H,3-4,9-16H2,1-2H3,(H,23,27)(H,24,28). The van der Waals surface area contributed by atoms with E-state index in [0.29, 0.717) is 18.7 Å². The minimum Gasteiger partial charge on any atom is -0.354 e. The number of nitrogens with one attached hydrogen (secondary N) is 2. The van der Waals surface area contributed by atoms with E-state index >= 15 is 0 Å². The second-order valence-corrected chi connectivity index (χ2v) is 10.8. The molecule has 2 fully saturated rings. The quantitative estimate of drug-likeness (QED) is 0.582. The number of carbonyl (C=O) groups excluding carboxylic acids is 2. The molecular formula is C22H34N4O4S. The number of hydrogen-bond donors (Lipinski definition) is 2. The lowest BCUT2D eigenvalue weighted by Gasteiger charge is -2.34. The van der Waals surface area contributed by atoms with Crippen molar-refractivity contribution in [3.05, 3.63) is 29.8 Å². The molecule has 31 heavy (non-hydrogen) atoms. The number of piperidine rings is 1. The van der Waals surface area contributed by atoms with Gasteiger partial charge in [0.05, 0.1) is 11.4 Å². The van der Waals surface area contributed by atoms with Gasteiger partial charge in [0.25, 0.3) is 5.91 Å². The Hall–Kier alpha value is -1.97. The van der Waals surface area contributed by atoms with Crippen LogP contribution < -0.4 is 10.6 Å². The molecule has 0 saturated carbocycles. The Kier molecular flexibility index (Phi) is 8.07. The third kappa shape index (κ3) is 6.51. The second-order valence-electron chi connectivity index (χ2n) is 8.88. The molecule has 2 aliphatic heterocycles. The number of hydrogen-bond acceptors (Lipinski definition) is 5. The van der Waals surface area contributed by atoms with Crippen molar-refractivity contribution >= 4 is 21.8 Å². The number of unbranched alkanes of at least 4 members (excludes halogenated alkanes) is 1. The molecule has 2 amide bonds. The van der Waals surface area contributed by atoms with Gasteiger partial charge in [0.15, 0.2) is 0 Å². The van der Waals surface area contributed by atoms with Gasteiger partial charge in [-0.3, -0.25) is 9.59 Å². The Morgan fingerprint density at radius 2 is 1.81 bits per heavy atom. The molecule has 3 rings (SSSR count). The highest BCUT2D eigenvalue weighted by Gasteiger charge is 2.29. The minimum atomic E-state index is -3.74. The van der Waals surface area contributed by atoms with Crippen LogP contribution in [0.4, 0.5) is 0 Å². The molecule has 1 aromatic carbocycles. The smallest absolute Gasteiger partial charge is 0.251 e. The van der Waals surface area contributed by atoms with Gasteiger partial charge in [-0.2, -0.15) is 4.31 Å². The molecule has 9 heteroatoms. The number of likely N-dealkylation sites (tertiary alicyclic amines) is 1. The predicted molar refractivity (Wildman–Crippen MR) is 119 cm³/mol. The Bertz CT molecular complexity index is 862. The largest absolute Gasteiger partial charge is 0.354 e. The topological polar surface area (TPSA) is 98.8 Å². The Morgan fingerprint density at radius 3 is 2.45 bits per heavy atom. The van der Waals surface area contributed by atoms with Crippen molar-refractivity contribution in [3.8, 4) is 0 Å². The van der Waals surface area contributed by atoms with E-state index in [-0.39, 0.29) is 29.8 Å². The third-order valence-corrected chi connectivity index (χ3v) is 7.75. The lowest BCUT2D eigenvalue weighted by molar-refractivity contribution is -0.122. The highest BCUT2D eigenvalue weighted by atomic mass is 32.2. The molecule has 0 radical (unpaired) electrons. The van der Waals surface area contributed by atoms with Crippen LogP contribution in [0.3, 0.4) is 0 Å². The monoisotopic (exact) mass is 450 g/mol. The van der Waals surface area contributed by atoms with E-state index in [1.165, 1.54) is 30.7 Å². The molecule has 0 aromatic heterocycles. The normalized spacial score (nSPS) is 23.4. The van der Waals surface area contributed by atoms with Crippen molar-refractivity contribution < 1.29 is 18.0 Å². The minimum absolute atomic E-state index is 0.0868. The van der Waals surface area contributed by atoms with Crippen molar-refractivity contribution in [3.63, 3.8) is 0 Å². The summed E-state index contributed by atoms with van der Waals surface area (Å²) in [6.45, 7) is 8.96. The van der Waals surface area contributed by atoms with E-state index in [4.69, 9.17) is 0 Å². The number of sulfonamides is 1. The highest BCUT2D eigenvalue weighted by molar-refractivity contribution is 7.89. The SMILES string of the molecule is CC1CC(C)CN(CCCCNC(=O)c2ccc(S(=O)(=O)N3CCNC(=O)C3)cc2)C1. The first-order valence-electron chi connectivity index (χ1n) is 11.1. The molecule has 2 N–H and O–H groups in total. The molecule has 2 heterocycles. The van der Waals surface area contributed by atoms with E-state index in [9.17, 15) is 18.0 Å². The predicted octanol–water partition coefficient (Wildman–Crippen LogP) is 1.30. The molecule has 2 aliphatic rings. The summed E-state index contributed by atoms with van der Waals surface area (Å²) in [6.07, 6.45) is 3.26. The van der Waals surface area contributed by atoms with Gasteiger partial charge < -0.3 is 15.5 Å². The van der Waals surface area contributed by atoms with Crippen molar-refractivity contribution in [2.45, 2.75) is 38.0 Å². The number of rotatable bonds is 8. The summed E-state index contributed by atoms with van der Waals surface area (Å²) in [6, 6.07) is 5.89. The molecular weight excluding hydrogens is 416 g/mol. The molecule has 2 saturated heterocycles. The Labute approximate surface area is 185 Å². The maximum atomic E-state index is 12.7. The van der Waals surface area contributed by atoms with Crippen molar-refractivity contribution in [1.82, 2.24) is 19.8 Å². The zero-order chi connectivity index (χ0) is 22.4. The summed E-state index contributed by atoms with van der Waals surface area (Å²) in [5, 5.41) is 5.52. The first kappa shape index (κ1) is 23.7. The van der Waals surface area contributed by atoms with Crippen molar-refractivity contribution in [2.24, 2.45) is 11.8 Å². The van der Waals surface area contributed by atoms with E-state index in [2.05, 4.69) is 29.4 Å². The maximum absolute atomic E-state index is 12.7. The average molecular weight is 451 g/mol. The van der Waals surface area contributed by atoms with Gasteiger partial charge in [-0.25, -0.2) is 8.42 Å². The van der Waals surface area contributed by atoms with Gasteiger partial charge in [-0.15, -0.1) is 0 Å². The lowest BCUT2D eigenvalue weighted by atomic mass is 9.92.